The van der Waals surface area contributed by atoms with E-state index in [4.69, 9.17) is 5.73 Å². The van der Waals surface area contributed by atoms with Crippen molar-refractivity contribution in [1.29, 1.82) is 0 Å². The Balaban J connectivity index is 2.19. The summed E-state index contributed by atoms with van der Waals surface area (Å²) in [6.45, 7) is 2.04. The highest BCUT2D eigenvalue weighted by Gasteiger charge is 2.17. The first-order valence-corrected chi connectivity index (χ1v) is 6.81. The molecule has 4 N–H and O–H groups in total. The molecule has 0 aliphatic rings. The molecule has 0 aliphatic carbocycles. The van der Waals surface area contributed by atoms with Crippen LogP contribution in [0.15, 0.2) is 28.7 Å². The zero-order valence-electron chi connectivity index (χ0n) is 10.5. The van der Waals surface area contributed by atoms with Gasteiger partial charge in [0.25, 0.3) is 5.91 Å². The first-order chi connectivity index (χ1) is 9.13. The van der Waals surface area contributed by atoms with Gasteiger partial charge in [-0.15, -0.1) is 0 Å². The lowest BCUT2D eigenvalue weighted by Crippen LogP contribution is -2.14. The Morgan fingerprint density at radius 1 is 1.47 bits per heavy atom. The number of amides is 1. The monoisotopic (exact) mass is 322 g/mol. The fraction of sp³-hybridized carbons (Fsp3) is 0.231. The summed E-state index contributed by atoms with van der Waals surface area (Å²) in [6.07, 6.45) is 1.72. The summed E-state index contributed by atoms with van der Waals surface area (Å²) in [5.41, 5.74) is 8.07. The zero-order valence-corrected chi connectivity index (χ0v) is 12.1. The summed E-state index contributed by atoms with van der Waals surface area (Å²) in [6, 6.07) is 7.38. The molecule has 0 fully saturated rings. The summed E-state index contributed by atoms with van der Waals surface area (Å²) >= 11 is 3.37. The van der Waals surface area contributed by atoms with Crippen molar-refractivity contribution in [2.24, 2.45) is 0 Å². The molecule has 2 rings (SSSR count). The number of aryl methyl sites for hydroxylation is 1. The molecule has 1 amide bonds. The van der Waals surface area contributed by atoms with Crippen molar-refractivity contribution in [3.05, 3.63) is 40.1 Å². The zero-order chi connectivity index (χ0) is 13.8. The molecule has 2 aromatic rings. The van der Waals surface area contributed by atoms with Gasteiger partial charge in [0.2, 0.25) is 0 Å². The van der Waals surface area contributed by atoms with E-state index in [1.54, 1.807) is 6.07 Å². The molecule has 0 unspecified atom stereocenters. The van der Waals surface area contributed by atoms with Crippen molar-refractivity contribution in [2.45, 2.75) is 19.8 Å². The molecule has 100 valence electrons. The van der Waals surface area contributed by atoms with Gasteiger partial charge in [0, 0.05) is 4.47 Å². The number of benzene rings is 1. The standard InChI is InChI=1S/C13H15BrN4O/c1-2-5-10-11(15)12(18-17-10)13(19)16-9-7-4-3-6-8(9)14/h3-4,6-7H,2,5,15H2,1H3,(H,16,19)(H,17,18). The minimum absolute atomic E-state index is 0.235. The number of nitrogens with zero attached hydrogens (tertiary/aromatic N) is 1. The lowest BCUT2D eigenvalue weighted by Gasteiger charge is -2.05. The van der Waals surface area contributed by atoms with Crippen molar-refractivity contribution in [1.82, 2.24) is 10.2 Å². The quantitative estimate of drug-likeness (QED) is 0.809. The summed E-state index contributed by atoms with van der Waals surface area (Å²) in [5.74, 6) is -0.317. The lowest BCUT2D eigenvalue weighted by molar-refractivity contribution is 0.102. The molecule has 5 nitrogen and oxygen atoms in total. The van der Waals surface area contributed by atoms with E-state index in [1.165, 1.54) is 0 Å². The van der Waals surface area contributed by atoms with Gasteiger partial charge in [0.05, 0.1) is 17.1 Å². The van der Waals surface area contributed by atoms with Crippen LogP contribution >= 0.6 is 15.9 Å². The van der Waals surface area contributed by atoms with E-state index in [9.17, 15) is 4.79 Å². The normalized spacial score (nSPS) is 10.4. The maximum atomic E-state index is 12.1. The van der Waals surface area contributed by atoms with Gasteiger partial charge in [-0.3, -0.25) is 9.89 Å². The van der Waals surface area contributed by atoms with Gasteiger partial charge >= 0.3 is 0 Å². The number of nitrogens with two attached hydrogens (primary N) is 1. The molecule has 0 bridgehead atoms. The van der Waals surface area contributed by atoms with Crippen molar-refractivity contribution >= 4 is 33.2 Å². The van der Waals surface area contributed by atoms with Crippen LogP contribution in [0.4, 0.5) is 11.4 Å². The van der Waals surface area contributed by atoms with Gasteiger partial charge in [0.15, 0.2) is 5.69 Å². The van der Waals surface area contributed by atoms with Crippen LogP contribution in [0.1, 0.15) is 29.5 Å². The van der Waals surface area contributed by atoms with Crippen LogP contribution in [0, 0.1) is 0 Å². The van der Waals surface area contributed by atoms with Gasteiger partial charge < -0.3 is 11.1 Å². The highest BCUT2D eigenvalue weighted by atomic mass is 79.9. The number of nitrogen functional groups attached to an aromatic ring is 1. The fourth-order valence-electron chi connectivity index (χ4n) is 1.74. The average Bonchev–Trinajstić information content (AvgIpc) is 2.75. The molecule has 0 saturated carbocycles. The minimum atomic E-state index is -0.317. The van der Waals surface area contributed by atoms with Crippen molar-refractivity contribution in [3.63, 3.8) is 0 Å². The van der Waals surface area contributed by atoms with E-state index in [0.717, 1.165) is 23.0 Å². The molecule has 1 aromatic heterocycles. The number of H-pyrrole nitrogens is 1. The topological polar surface area (TPSA) is 83.8 Å². The predicted octanol–water partition coefficient (Wildman–Crippen LogP) is 2.96. The summed E-state index contributed by atoms with van der Waals surface area (Å²) < 4.78 is 0.811. The number of aromatic amines is 1. The molecule has 1 heterocycles. The van der Waals surface area contributed by atoms with Gasteiger partial charge in [-0.2, -0.15) is 5.10 Å². The second-order valence-electron chi connectivity index (χ2n) is 4.15. The first kappa shape index (κ1) is 13.6. The highest BCUT2D eigenvalue weighted by molar-refractivity contribution is 9.10. The lowest BCUT2D eigenvalue weighted by atomic mass is 10.2. The minimum Gasteiger partial charge on any atom is -0.395 e. The summed E-state index contributed by atoms with van der Waals surface area (Å²) in [4.78, 5) is 12.1. The third kappa shape index (κ3) is 2.96. The molecule has 6 heteroatoms. The number of aromatic nitrogens is 2. The second-order valence-corrected chi connectivity index (χ2v) is 5.00. The van der Waals surface area contributed by atoms with Gasteiger partial charge in [-0.05, 0) is 34.5 Å². The number of hydrogen-bond donors (Lipinski definition) is 3. The number of rotatable bonds is 4. The van der Waals surface area contributed by atoms with E-state index < -0.39 is 0 Å². The SMILES string of the molecule is CCCc1[nH]nc(C(=O)Nc2ccccc2Br)c1N. The Morgan fingerprint density at radius 2 is 2.21 bits per heavy atom. The van der Waals surface area contributed by atoms with E-state index in [0.29, 0.717) is 11.4 Å². The maximum Gasteiger partial charge on any atom is 0.278 e. The number of halogens is 1. The predicted molar refractivity (Wildman–Crippen MR) is 79.1 cm³/mol. The van der Waals surface area contributed by atoms with Gasteiger partial charge in [-0.25, -0.2) is 0 Å². The Hall–Kier alpha value is -1.82. The van der Waals surface area contributed by atoms with Gasteiger partial charge in [-0.1, -0.05) is 25.5 Å². The first-order valence-electron chi connectivity index (χ1n) is 6.02. The molecule has 0 spiro atoms. The molecule has 0 atom stereocenters. The van der Waals surface area contributed by atoms with Crippen LogP contribution in [0.2, 0.25) is 0 Å². The fourth-order valence-corrected chi connectivity index (χ4v) is 2.13. The van der Waals surface area contributed by atoms with Crippen LogP contribution < -0.4 is 11.1 Å². The third-order valence-electron chi connectivity index (χ3n) is 2.72. The number of hydrogen-bond acceptors (Lipinski definition) is 3. The molecule has 0 radical (unpaired) electrons. The van der Waals surface area contributed by atoms with Crippen LogP contribution in [-0.2, 0) is 6.42 Å². The highest BCUT2D eigenvalue weighted by Crippen LogP contribution is 2.23. The van der Waals surface area contributed by atoms with E-state index in [1.807, 2.05) is 25.1 Å². The molecular weight excluding hydrogens is 308 g/mol. The van der Waals surface area contributed by atoms with Crippen LogP contribution in [0.5, 0.6) is 0 Å². The Morgan fingerprint density at radius 3 is 2.89 bits per heavy atom. The van der Waals surface area contributed by atoms with E-state index in [2.05, 4.69) is 31.4 Å². The maximum absolute atomic E-state index is 12.1. The molecule has 0 aliphatic heterocycles. The second kappa shape index (κ2) is 5.88. The van der Waals surface area contributed by atoms with E-state index >= 15 is 0 Å². The van der Waals surface area contributed by atoms with Crippen LogP contribution in [-0.4, -0.2) is 16.1 Å². The molecule has 1 aromatic carbocycles. The largest absolute Gasteiger partial charge is 0.395 e. The van der Waals surface area contributed by atoms with Crippen LogP contribution in [0.25, 0.3) is 0 Å². The molecule has 0 saturated heterocycles. The number of carbonyl (C=O) groups is 1. The van der Waals surface area contributed by atoms with Crippen molar-refractivity contribution in [3.8, 4) is 0 Å². The van der Waals surface area contributed by atoms with Gasteiger partial charge in [0.1, 0.15) is 0 Å². The summed E-state index contributed by atoms with van der Waals surface area (Å²) in [7, 11) is 0. The smallest absolute Gasteiger partial charge is 0.278 e. The van der Waals surface area contributed by atoms with Crippen LogP contribution in [0.3, 0.4) is 0 Å². The molecular formula is C13H15BrN4O. The number of para-hydroxylation sites is 1. The number of anilines is 2. The Kier molecular flexibility index (Phi) is 4.21. The van der Waals surface area contributed by atoms with Crippen molar-refractivity contribution < 1.29 is 4.79 Å². The number of nitrogens with one attached hydrogen (secondary N) is 2. The Labute approximate surface area is 119 Å². The average molecular weight is 323 g/mol. The van der Waals surface area contributed by atoms with E-state index in [-0.39, 0.29) is 11.6 Å². The molecule has 19 heavy (non-hydrogen) atoms. The number of carbonyl (C=O) groups excluding carboxylic acids is 1. The third-order valence-corrected chi connectivity index (χ3v) is 3.41. The van der Waals surface area contributed by atoms with Crippen molar-refractivity contribution in [2.75, 3.05) is 11.1 Å². The summed E-state index contributed by atoms with van der Waals surface area (Å²) in [5, 5.41) is 9.57. The Bertz CT molecular complexity index is 594.